The van der Waals surface area contributed by atoms with Gasteiger partial charge in [-0.25, -0.2) is 44.9 Å². The third-order valence-corrected chi connectivity index (χ3v) is 27.5. The maximum Gasteiger partial charge on any atom is 0.164 e. The third-order valence-electron chi connectivity index (χ3n) is 27.5. The van der Waals surface area contributed by atoms with Crippen molar-refractivity contribution in [3.05, 3.63) is 480 Å². The molecule has 3 aliphatic carbocycles. The second-order valence-corrected chi connectivity index (χ2v) is 35.8. The van der Waals surface area contributed by atoms with Gasteiger partial charge in [-0.3, -0.25) is 15.0 Å². The van der Waals surface area contributed by atoms with Crippen LogP contribution in [0.25, 0.3) is 274 Å². The van der Waals surface area contributed by atoms with Crippen LogP contribution in [0.5, 0.6) is 0 Å². The molecule has 15 heteroatoms. The molecular formula is C128H79N15. The highest BCUT2D eigenvalue weighted by molar-refractivity contribution is 6.17. The number of fused-ring (bicyclic) bond motifs is 17. The second-order valence-electron chi connectivity index (χ2n) is 35.8. The van der Waals surface area contributed by atoms with E-state index in [1.54, 1.807) is 0 Å². The monoisotopic (exact) mass is 1830 g/mol. The van der Waals surface area contributed by atoms with Crippen LogP contribution < -0.4 is 0 Å². The zero-order valence-electron chi connectivity index (χ0n) is 76.8. The van der Waals surface area contributed by atoms with Crippen LogP contribution in [0.2, 0.25) is 0 Å². The van der Waals surface area contributed by atoms with Crippen LogP contribution in [0, 0.1) is 0 Å². The first-order chi connectivity index (χ1) is 70.9. The minimum Gasteiger partial charge on any atom is -0.316 e. The standard InChI is InChI=1S/2C44H27N5.C40H25N5/c1-3-13-28(14-4-1)42-46-43(29-15-5-2-6-16-29)48-44(47-42)36-24-25-38(33-20-10-9-19-32(33)36)49-27-37-40-34(21-11-23-39(40)49)30-17-7-8-18-31(30)35-22-12-26-45-41(35)37;1-2-11-29(12-3-1)42-46-43(48-44(47-42)32-20-19-28-10-4-5-13-31(28)26-32)30-21-23-33(24-22-30)49-27-38-40-36(16-8-18-39(40)49)34-14-6-7-15-35(34)37-17-9-25-45-41(37)38;1-3-11-26(12-4-1)38-42-39(27-13-5-2-6-14-27)44-40(43-38)28-20-22-29(23-21-28)45-25-34-36-32(17-9-19-35(36)45)30-15-7-8-16-31(30)33-18-10-24-41-37(33)34/h2*1-27H;1-25H. The lowest BCUT2D eigenvalue weighted by atomic mass is 9.95. The van der Waals surface area contributed by atoms with Gasteiger partial charge < -0.3 is 13.7 Å². The van der Waals surface area contributed by atoms with E-state index in [-0.39, 0.29) is 0 Å². The number of hydrogen-bond donors (Lipinski definition) is 0. The maximum atomic E-state index is 5.06. The zero-order valence-corrected chi connectivity index (χ0v) is 76.8. The van der Waals surface area contributed by atoms with Crippen LogP contribution in [0.1, 0.15) is 0 Å². The van der Waals surface area contributed by atoms with Crippen molar-refractivity contribution in [2.45, 2.75) is 0 Å². The Morgan fingerprint density at radius 1 is 0.154 bits per heavy atom. The van der Waals surface area contributed by atoms with Gasteiger partial charge in [0.15, 0.2) is 52.4 Å². The van der Waals surface area contributed by atoms with Crippen molar-refractivity contribution in [1.29, 1.82) is 0 Å². The van der Waals surface area contributed by atoms with Gasteiger partial charge in [0.25, 0.3) is 0 Å². The Morgan fingerprint density at radius 2 is 0.427 bits per heavy atom. The summed E-state index contributed by atoms with van der Waals surface area (Å²) in [6.07, 6.45) is 12.4. The number of pyridine rings is 3. The summed E-state index contributed by atoms with van der Waals surface area (Å²) in [5.41, 5.74) is 35.9. The molecule has 0 fully saturated rings. The van der Waals surface area contributed by atoms with Crippen LogP contribution in [0.4, 0.5) is 0 Å². The summed E-state index contributed by atoms with van der Waals surface area (Å²) in [4.78, 5) is 59.4. The molecule has 9 aromatic heterocycles. The highest BCUT2D eigenvalue weighted by atomic mass is 15.1. The van der Waals surface area contributed by atoms with Gasteiger partial charge in [-0.15, -0.1) is 0 Å². The van der Waals surface area contributed by atoms with E-state index in [0.29, 0.717) is 52.4 Å². The lowest BCUT2D eigenvalue weighted by Gasteiger charge is -2.15. The number of benzene rings is 17. The van der Waals surface area contributed by atoms with Crippen molar-refractivity contribution in [3.63, 3.8) is 0 Å². The molecule has 0 spiro atoms. The van der Waals surface area contributed by atoms with E-state index < -0.39 is 0 Å². The molecule has 143 heavy (non-hydrogen) atoms. The highest BCUT2D eigenvalue weighted by Crippen LogP contribution is 2.53. The summed E-state index contributed by atoms with van der Waals surface area (Å²) in [5, 5.41) is 8.13. The quantitative estimate of drug-likeness (QED) is 0.114. The minimum atomic E-state index is 0.632. The fourth-order valence-electron chi connectivity index (χ4n) is 20.8. The molecule has 0 saturated carbocycles. The Kier molecular flexibility index (Phi) is 20.2. The average molecular weight is 1830 g/mol. The molecule has 3 aliphatic rings. The average Bonchev–Trinajstić information content (AvgIpc) is 1.59. The van der Waals surface area contributed by atoms with Crippen molar-refractivity contribution >= 4 is 54.3 Å². The van der Waals surface area contributed by atoms with E-state index in [1.807, 2.05) is 188 Å². The van der Waals surface area contributed by atoms with Gasteiger partial charge in [0, 0.05) is 154 Å². The molecule has 0 atom stereocenters. The van der Waals surface area contributed by atoms with Crippen molar-refractivity contribution in [2.24, 2.45) is 0 Å². The van der Waals surface area contributed by atoms with Gasteiger partial charge in [-0.05, 0) is 169 Å². The first kappa shape index (κ1) is 82.8. The van der Waals surface area contributed by atoms with Gasteiger partial charge >= 0.3 is 0 Å². The number of aromatic nitrogens is 15. The minimum absolute atomic E-state index is 0.632. The Bertz CT molecular complexity index is 9400. The molecule has 0 unspecified atom stereocenters. The largest absolute Gasteiger partial charge is 0.316 e. The summed E-state index contributed by atoms with van der Waals surface area (Å²) in [5.74, 6) is 5.79. The summed E-state index contributed by atoms with van der Waals surface area (Å²) in [7, 11) is 0. The predicted molar refractivity (Wildman–Crippen MR) is 577 cm³/mol. The first-order valence-corrected chi connectivity index (χ1v) is 47.8. The molecule has 0 amide bonds. The van der Waals surface area contributed by atoms with Gasteiger partial charge in [0.2, 0.25) is 0 Å². The van der Waals surface area contributed by atoms with Gasteiger partial charge in [-0.2, -0.15) is 0 Å². The number of nitrogens with zero attached hydrogens (tertiary/aromatic N) is 15. The molecule has 0 aliphatic heterocycles. The molecule has 0 radical (unpaired) electrons. The Labute approximate surface area is 822 Å². The van der Waals surface area contributed by atoms with E-state index in [4.69, 9.17) is 59.8 Å². The lowest BCUT2D eigenvalue weighted by Crippen LogP contribution is -2.01. The zero-order chi connectivity index (χ0) is 94.4. The topological polar surface area (TPSA) is 169 Å². The van der Waals surface area contributed by atoms with Crippen molar-refractivity contribution in [3.8, 4) is 220 Å². The fourth-order valence-corrected chi connectivity index (χ4v) is 20.8. The van der Waals surface area contributed by atoms with Crippen LogP contribution in [0.3, 0.4) is 0 Å². The molecule has 9 heterocycles. The molecule has 0 N–H and O–H groups in total. The fraction of sp³-hybridized carbons (Fsp3) is 0. The van der Waals surface area contributed by atoms with E-state index in [0.717, 1.165) is 150 Å². The summed E-state index contributed by atoms with van der Waals surface area (Å²) >= 11 is 0. The van der Waals surface area contributed by atoms with Crippen LogP contribution in [0.15, 0.2) is 480 Å². The van der Waals surface area contributed by atoms with E-state index in [1.165, 1.54) is 71.6 Å². The smallest absolute Gasteiger partial charge is 0.164 e. The molecule has 0 bridgehead atoms. The normalized spacial score (nSPS) is 11.6. The Morgan fingerprint density at radius 3 is 0.797 bits per heavy atom. The van der Waals surface area contributed by atoms with Gasteiger partial charge in [0.05, 0.1) is 39.3 Å². The third kappa shape index (κ3) is 14.6. The van der Waals surface area contributed by atoms with Crippen molar-refractivity contribution in [1.82, 2.24) is 73.5 Å². The van der Waals surface area contributed by atoms with Crippen LogP contribution in [-0.4, -0.2) is 73.5 Å². The summed E-state index contributed by atoms with van der Waals surface area (Å²) < 4.78 is 6.86. The van der Waals surface area contributed by atoms with Gasteiger partial charge in [-0.1, -0.05) is 340 Å². The summed E-state index contributed by atoms with van der Waals surface area (Å²) in [6.45, 7) is 0. The molecule has 666 valence electrons. The second kappa shape index (κ2) is 34.9. The lowest BCUT2D eigenvalue weighted by molar-refractivity contribution is 1.07. The molecule has 26 aromatic rings. The SMILES string of the molecule is c1ccc(-c2nc(-c3ccc(-n4cc5c6c(cccc64)-c4ccccc4-c4cccnc4-5)cc3)nc(-c3ccc4ccccc4c3)n2)cc1.c1ccc(-c2nc(-c3ccccc3)nc(-c3ccc(-n4cc5c6c(cccc64)-c4ccccc4-c4cccnc4-5)c4ccccc34)n2)cc1.c1ccc(-c2nc(-c3ccccc3)nc(-c3ccc(-n4cc5c6c(cccc64)-c4ccccc4-c4cccnc4-5)cc3)n2)cc1. The molecular weight excluding hydrogens is 1750 g/mol. The first-order valence-electron chi connectivity index (χ1n) is 47.8. The summed E-state index contributed by atoms with van der Waals surface area (Å²) in [6, 6.07) is 153. The van der Waals surface area contributed by atoms with Crippen LogP contribution in [-0.2, 0) is 0 Å². The van der Waals surface area contributed by atoms with E-state index in [9.17, 15) is 0 Å². The molecule has 15 nitrogen and oxygen atoms in total. The Hall–Kier alpha value is -19.6. The Balaban J connectivity index is 0.000000107. The van der Waals surface area contributed by atoms with Crippen molar-refractivity contribution in [2.75, 3.05) is 0 Å². The molecule has 29 rings (SSSR count). The number of hydrogen-bond acceptors (Lipinski definition) is 12. The van der Waals surface area contributed by atoms with E-state index >= 15 is 0 Å². The number of rotatable bonds is 12. The maximum absolute atomic E-state index is 5.06. The van der Waals surface area contributed by atoms with Gasteiger partial charge in [0.1, 0.15) is 0 Å². The van der Waals surface area contributed by atoms with Crippen molar-refractivity contribution < 1.29 is 0 Å². The highest BCUT2D eigenvalue weighted by Gasteiger charge is 2.31. The van der Waals surface area contributed by atoms with E-state index in [2.05, 4.69) is 305 Å². The molecule has 0 saturated heterocycles. The van der Waals surface area contributed by atoms with Crippen LogP contribution >= 0.6 is 0 Å². The predicted octanol–water partition coefficient (Wildman–Crippen LogP) is 30.9. The molecule has 17 aromatic carbocycles.